The molecule has 0 saturated heterocycles. The molecule has 6 aromatic carbocycles. The first kappa shape index (κ1) is 56.3. The molecule has 0 atom stereocenters. The Hall–Kier alpha value is -6.64. The average Bonchev–Trinajstić information content (AvgIpc) is 3.37. The molecule has 0 radical (unpaired) electrons. The average molecular weight is 1020 g/mol. The van der Waals surface area contributed by atoms with Crippen LogP contribution in [-0.2, 0) is 45.4 Å². The number of Topliss-reactive ketones (excluding diaryl/α,β-unsaturated/α-hetero) is 1. The van der Waals surface area contributed by atoms with Crippen LogP contribution in [-0.4, -0.2) is 69.4 Å². The Morgan fingerprint density at radius 2 is 0.778 bits per heavy atom. The molecule has 0 amide bonds. The van der Waals surface area contributed by atoms with Crippen LogP contribution < -0.4 is 10.6 Å². The van der Waals surface area contributed by atoms with Crippen LogP contribution in [0.4, 0.5) is 15.8 Å². The first-order valence-corrected chi connectivity index (χ1v) is 28.0. The van der Waals surface area contributed by atoms with Gasteiger partial charge in [-0.1, -0.05) is 111 Å². The van der Waals surface area contributed by atoms with E-state index in [0.717, 1.165) is 113 Å². The van der Waals surface area contributed by atoms with Gasteiger partial charge >= 0.3 is 11.9 Å². The molecule has 0 bridgehead atoms. The lowest BCUT2D eigenvalue weighted by Gasteiger charge is -2.12. The van der Waals surface area contributed by atoms with E-state index in [1.54, 1.807) is 36.4 Å². The third-order valence-corrected chi connectivity index (χ3v) is 16.0. The maximum atomic E-state index is 13.0. The summed E-state index contributed by atoms with van der Waals surface area (Å²) in [6.07, 6.45) is 12.3. The molecule has 0 aliphatic carbocycles. The fraction of sp³-hybridized carbons (Fsp3) is 0.328. The second-order valence-electron chi connectivity index (χ2n) is 17.9. The van der Waals surface area contributed by atoms with E-state index >= 15 is 0 Å². The molecule has 14 heteroatoms. The Morgan fingerprint density at radius 3 is 1.17 bits per heavy atom. The van der Waals surface area contributed by atoms with E-state index < -0.39 is 37.4 Å². The van der Waals surface area contributed by atoms with Crippen molar-refractivity contribution in [1.29, 1.82) is 0 Å². The number of aryl methyl sites for hydroxylation is 4. The Kier molecular flexibility index (Phi) is 22.7. The molecule has 6 rings (SSSR count). The number of halogens is 1. The third kappa shape index (κ3) is 19.2. The number of carbonyl (C=O) groups is 3. The molecule has 0 aromatic heterocycles. The molecule has 4 N–H and O–H groups in total. The van der Waals surface area contributed by atoms with Gasteiger partial charge in [0.15, 0.2) is 25.5 Å². The molecule has 6 aromatic rings. The molecule has 382 valence electrons. The van der Waals surface area contributed by atoms with Crippen molar-refractivity contribution in [1.82, 2.24) is 0 Å². The number of hydrogen-bond acceptors (Lipinski definition) is 9. The van der Waals surface area contributed by atoms with Gasteiger partial charge in [0, 0.05) is 30.0 Å². The van der Waals surface area contributed by atoms with Crippen molar-refractivity contribution in [3.05, 3.63) is 190 Å². The van der Waals surface area contributed by atoms with Crippen LogP contribution in [0.2, 0.25) is 0 Å². The lowest BCUT2D eigenvalue weighted by molar-refractivity contribution is 0.0686. The summed E-state index contributed by atoms with van der Waals surface area (Å²) in [4.78, 5) is 33.8. The number of para-hydroxylation sites is 2. The summed E-state index contributed by atoms with van der Waals surface area (Å²) >= 11 is 0. The number of ketones is 1. The number of nitrogens with one attached hydrogen (secondary N) is 2. The zero-order valence-corrected chi connectivity index (χ0v) is 42.7. The summed E-state index contributed by atoms with van der Waals surface area (Å²) in [5, 5.41) is 25.1. The third-order valence-electron chi connectivity index (χ3n) is 12.4. The van der Waals surface area contributed by atoms with Crippen LogP contribution in [0, 0.1) is 5.82 Å². The summed E-state index contributed by atoms with van der Waals surface area (Å²) in [5.74, 6) is -2.14. The fourth-order valence-electron chi connectivity index (χ4n) is 8.12. The van der Waals surface area contributed by atoms with E-state index in [-0.39, 0.29) is 27.1 Å². The van der Waals surface area contributed by atoms with Gasteiger partial charge < -0.3 is 20.8 Å². The number of unbranched alkanes of at least 4 members (excludes halogenated alkanes) is 8. The standard InChI is InChI=1S/C30H35NO5S.C28H32FNO4S/c1-23(32)25-17-19-28(20-18-25)37(35,36)22-8-4-2-3-7-21-31-29-10-6-5-9-26(29)14-11-24-12-15-27(16-13-24)30(33)34;29-25-16-18-26(19-17-25)35(33,34)21-7-3-1-2-6-20-30-27-9-5-4-8-23(27)13-10-22-11-14-24(15-12-22)28(31)32/h5-6,9-10,12-13,15-20,31H,2-4,7-8,11,14,21-22H2,1H3,(H,33,34);4-5,8-9,11-12,14-19,30H,1-3,6-7,10,13,20-21H2,(H,31,32). The van der Waals surface area contributed by atoms with Gasteiger partial charge in [0.25, 0.3) is 0 Å². The van der Waals surface area contributed by atoms with Crippen molar-refractivity contribution in [2.75, 3.05) is 35.2 Å². The van der Waals surface area contributed by atoms with Crippen molar-refractivity contribution in [2.45, 2.75) is 107 Å². The van der Waals surface area contributed by atoms with Gasteiger partial charge in [-0.25, -0.2) is 30.8 Å². The van der Waals surface area contributed by atoms with Gasteiger partial charge in [0.1, 0.15) is 5.82 Å². The van der Waals surface area contributed by atoms with E-state index in [4.69, 9.17) is 10.2 Å². The van der Waals surface area contributed by atoms with Gasteiger partial charge in [-0.2, -0.15) is 0 Å². The van der Waals surface area contributed by atoms with E-state index in [2.05, 4.69) is 34.9 Å². The van der Waals surface area contributed by atoms with E-state index in [1.165, 1.54) is 54.4 Å². The lowest BCUT2D eigenvalue weighted by atomic mass is 10.0. The van der Waals surface area contributed by atoms with Crippen LogP contribution in [0.3, 0.4) is 0 Å². The smallest absolute Gasteiger partial charge is 0.335 e. The largest absolute Gasteiger partial charge is 0.478 e. The Labute approximate surface area is 424 Å². The number of rotatable bonds is 29. The van der Waals surface area contributed by atoms with Crippen molar-refractivity contribution < 1.29 is 45.8 Å². The number of carboxylic acids is 2. The number of aromatic carboxylic acids is 2. The number of carbonyl (C=O) groups excluding carboxylic acids is 1. The van der Waals surface area contributed by atoms with E-state index in [1.807, 2.05) is 48.5 Å². The lowest BCUT2D eigenvalue weighted by Crippen LogP contribution is -2.07. The molecule has 72 heavy (non-hydrogen) atoms. The first-order valence-electron chi connectivity index (χ1n) is 24.7. The predicted octanol–water partition coefficient (Wildman–Crippen LogP) is 12.4. The summed E-state index contributed by atoms with van der Waals surface area (Å²) in [5.41, 5.74) is 8.00. The van der Waals surface area contributed by atoms with Gasteiger partial charge in [0.05, 0.1) is 32.4 Å². The monoisotopic (exact) mass is 1020 g/mol. The van der Waals surface area contributed by atoms with Crippen LogP contribution in [0.1, 0.15) is 124 Å². The maximum Gasteiger partial charge on any atom is 0.335 e. The maximum absolute atomic E-state index is 13.0. The Balaban J connectivity index is 0.000000268. The van der Waals surface area contributed by atoms with Crippen LogP contribution in [0.25, 0.3) is 0 Å². The quantitative estimate of drug-likeness (QED) is 0.0199. The van der Waals surface area contributed by atoms with Crippen LogP contribution >= 0.6 is 0 Å². The first-order chi connectivity index (χ1) is 34.6. The number of sulfone groups is 2. The van der Waals surface area contributed by atoms with Gasteiger partial charge in [-0.15, -0.1) is 0 Å². The second kappa shape index (κ2) is 29.0. The van der Waals surface area contributed by atoms with Crippen molar-refractivity contribution >= 4 is 48.8 Å². The minimum absolute atomic E-state index is 0.0771. The van der Waals surface area contributed by atoms with E-state index in [0.29, 0.717) is 29.5 Å². The number of benzene rings is 6. The summed E-state index contributed by atoms with van der Waals surface area (Å²) < 4.78 is 62.6. The highest BCUT2D eigenvalue weighted by Crippen LogP contribution is 2.22. The molecule has 0 saturated carbocycles. The van der Waals surface area contributed by atoms with Crippen molar-refractivity contribution in [3.63, 3.8) is 0 Å². The van der Waals surface area contributed by atoms with Gasteiger partial charge in [0.2, 0.25) is 0 Å². The number of hydrogen-bond donors (Lipinski definition) is 4. The molecular formula is C58H67FN2O9S2. The molecule has 0 spiro atoms. The normalized spacial score (nSPS) is 11.3. The molecule has 0 aliphatic heterocycles. The predicted molar refractivity (Wildman–Crippen MR) is 285 cm³/mol. The van der Waals surface area contributed by atoms with Crippen LogP contribution in [0.5, 0.6) is 0 Å². The topological polar surface area (TPSA) is 184 Å². The molecule has 11 nitrogen and oxygen atoms in total. The van der Waals surface area contributed by atoms with Gasteiger partial charge in [-0.05, 0) is 153 Å². The van der Waals surface area contributed by atoms with E-state index in [9.17, 15) is 35.6 Å². The molecule has 0 aliphatic rings. The van der Waals surface area contributed by atoms with Crippen molar-refractivity contribution in [2.24, 2.45) is 0 Å². The molecule has 0 fully saturated rings. The second-order valence-corrected chi connectivity index (χ2v) is 22.1. The summed E-state index contributed by atoms with van der Waals surface area (Å²) in [7, 11) is -6.67. The number of carboxylic acid groups (broad SMARTS) is 2. The van der Waals surface area contributed by atoms with Crippen LogP contribution in [0.15, 0.2) is 155 Å². The molecular weight excluding hydrogens is 952 g/mol. The highest BCUT2D eigenvalue weighted by Gasteiger charge is 2.16. The zero-order valence-electron chi connectivity index (χ0n) is 41.0. The highest BCUT2D eigenvalue weighted by molar-refractivity contribution is 7.91. The summed E-state index contributed by atoms with van der Waals surface area (Å²) in [6.45, 7) is 3.16. The minimum Gasteiger partial charge on any atom is -0.478 e. The zero-order chi connectivity index (χ0) is 51.8. The SMILES string of the molecule is CC(=O)c1ccc(S(=O)(=O)CCCCCCCNc2ccccc2CCc2ccc(C(=O)O)cc2)cc1.O=C(O)c1ccc(CCc2ccccc2NCCCCCCCS(=O)(=O)c2ccc(F)cc2)cc1. The Bertz CT molecular complexity index is 2870. The minimum atomic E-state index is -3.35. The number of anilines is 2. The van der Waals surface area contributed by atoms with Crippen molar-refractivity contribution in [3.8, 4) is 0 Å². The fourth-order valence-corrected chi connectivity index (χ4v) is 10.9. The van der Waals surface area contributed by atoms with Gasteiger partial charge in [-0.3, -0.25) is 4.79 Å². The highest BCUT2D eigenvalue weighted by atomic mass is 32.2. The summed E-state index contributed by atoms with van der Waals surface area (Å²) in [6, 6.07) is 41.7. The molecule has 0 unspecified atom stereocenters. The molecule has 0 heterocycles. The Morgan fingerprint density at radius 1 is 0.431 bits per heavy atom.